The highest BCUT2D eigenvalue weighted by molar-refractivity contribution is 5.96. The molecule has 0 bridgehead atoms. The van der Waals surface area contributed by atoms with Crippen LogP contribution in [0, 0.1) is 0 Å². The Labute approximate surface area is 118 Å². The Balaban J connectivity index is 2.17. The molecule has 0 aromatic heterocycles. The van der Waals surface area contributed by atoms with Crippen LogP contribution in [0.15, 0.2) is 18.2 Å². The van der Waals surface area contributed by atoms with Gasteiger partial charge in [0.2, 0.25) is 6.41 Å². The number of carbonyl (C=O) groups excluding carboxylic acids is 2. The maximum absolute atomic E-state index is 12.4. The Kier molecular flexibility index (Phi) is 4.57. The second kappa shape index (κ2) is 6.38. The minimum Gasteiger partial charge on any atom is -0.495 e. The summed E-state index contributed by atoms with van der Waals surface area (Å²) in [5.41, 5.74) is 1.06. The number of benzene rings is 1. The van der Waals surface area contributed by atoms with E-state index < -0.39 is 0 Å². The van der Waals surface area contributed by atoms with Gasteiger partial charge in [-0.3, -0.25) is 9.59 Å². The number of carbonyl (C=O) groups is 2. The Morgan fingerprint density at radius 2 is 2.00 bits per heavy atom. The molecule has 6 nitrogen and oxygen atoms in total. The van der Waals surface area contributed by atoms with Crippen LogP contribution in [-0.4, -0.2) is 62.5 Å². The molecule has 0 aliphatic carbocycles. The molecule has 1 fully saturated rings. The molecule has 2 amide bonds. The predicted molar refractivity (Wildman–Crippen MR) is 76.1 cm³/mol. The van der Waals surface area contributed by atoms with Crippen molar-refractivity contribution in [2.75, 3.05) is 45.7 Å². The number of methoxy groups -OCH3 is 1. The van der Waals surface area contributed by atoms with Gasteiger partial charge in [0, 0.05) is 31.7 Å². The van der Waals surface area contributed by atoms with Gasteiger partial charge in [0.05, 0.1) is 12.8 Å². The molecule has 1 heterocycles. The fraction of sp³-hybridized carbons (Fsp3) is 0.429. The van der Waals surface area contributed by atoms with Gasteiger partial charge < -0.3 is 19.9 Å². The van der Waals surface area contributed by atoms with Crippen LogP contribution in [0.1, 0.15) is 10.4 Å². The van der Waals surface area contributed by atoms with Gasteiger partial charge in [-0.1, -0.05) is 0 Å². The second-order valence-electron chi connectivity index (χ2n) is 4.77. The first-order valence-corrected chi connectivity index (χ1v) is 6.51. The van der Waals surface area contributed by atoms with E-state index in [-0.39, 0.29) is 5.91 Å². The van der Waals surface area contributed by atoms with Crippen LogP contribution in [-0.2, 0) is 4.79 Å². The zero-order valence-electron chi connectivity index (χ0n) is 11.8. The third kappa shape index (κ3) is 3.08. The van der Waals surface area contributed by atoms with Crippen LogP contribution in [0.2, 0.25) is 0 Å². The first-order chi connectivity index (χ1) is 9.65. The quantitative estimate of drug-likeness (QED) is 0.821. The van der Waals surface area contributed by atoms with Crippen molar-refractivity contribution < 1.29 is 14.3 Å². The van der Waals surface area contributed by atoms with E-state index in [1.165, 1.54) is 7.11 Å². The zero-order chi connectivity index (χ0) is 14.5. The van der Waals surface area contributed by atoms with Crippen molar-refractivity contribution in [3.8, 4) is 5.75 Å². The van der Waals surface area contributed by atoms with Gasteiger partial charge in [-0.15, -0.1) is 0 Å². The molecule has 0 radical (unpaired) electrons. The summed E-state index contributed by atoms with van der Waals surface area (Å²) in [6.07, 6.45) is 0.571. The van der Waals surface area contributed by atoms with Crippen LogP contribution in [0.4, 0.5) is 5.69 Å². The van der Waals surface area contributed by atoms with Crippen LogP contribution < -0.4 is 10.1 Å². The second-order valence-corrected chi connectivity index (χ2v) is 4.77. The highest BCUT2D eigenvalue weighted by atomic mass is 16.5. The summed E-state index contributed by atoms with van der Waals surface area (Å²) in [6, 6.07) is 5.05. The molecule has 1 N–H and O–H groups in total. The standard InChI is InChI=1S/C14H19N3O3/c1-16-5-7-17(8-6-16)14(19)11-3-4-13(20-2)12(9-11)15-10-18/h3-4,9-10H,5-8H2,1-2H3,(H,15,18). The molecule has 0 atom stereocenters. The maximum atomic E-state index is 12.4. The topological polar surface area (TPSA) is 61.9 Å². The summed E-state index contributed by atoms with van der Waals surface area (Å²) in [5.74, 6) is 0.515. The van der Waals surface area contributed by atoms with Gasteiger partial charge in [0.1, 0.15) is 5.75 Å². The van der Waals surface area contributed by atoms with Crippen molar-refractivity contribution in [3.63, 3.8) is 0 Å². The van der Waals surface area contributed by atoms with Gasteiger partial charge >= 0.3 is 0 Å². The molecule has 1 aliphatic rings. The molecule has 0 saturated carbocycles. The zero-order valence-corrected chi connectivity index (χ0v) is 11.8. The minimum atomic E-state index is -0.0188. The predicted octanol–water partition coefficient (Wildman–Crippen LogP) is 0.651. The van der Waals surface area contributed by atoms with Crippen LogP contribution in [0.25, 0.3) is 0 Å². The molecule has 0 spiro atoms. The van der Waals surface area contributed by atoms with Gasteiger partial charge in [-0.2, -0.15) is 0 Å². The summed E-state index contributed by atoms with van der Waals surface area (Å²) >= 11 is 0. The maximum Gasteiger partial charge on any atom is 0.254 e. The van der Waals surface area contributed by atoms with Crippen molar-refractivity contribution in [3.05, 3.63) is 23.8 Å². The Morgan fingerprint density at radius 1 is 1.30 bits per heavy atom. The fourth-order valence-electron chi connectivity index (χ4n) is 2.21. The molecule has 1 aromatic carbocycles. The SMILES string of the molecule is COc1ccc(C(=O)N2CCN(C)CC2)cc1NC=O. The van der Waals surface area contributed by atoms with Crippen molar-refractivity contribution in [1.29, 1.82) is 0 Å². The highest BCUT2D eigenvalue weighted by Gasteiger charge is 2.21. The molecule has 1 aliphatic heterocycles. The van der Waals surface area contributed by atoms with Gasteiger partial charge in [-0.25, -0.2) is 0 Å². The van der Waals surface area contributed by atoms with E-state index in [4.69, 9.17) is 4.74 Å². The third-order valence-electron chi connectivity index (χ3n) is 3.45. The van der Waals surface area contributed by atoms with E-state index in [1.54, 1.807) is 18.2 Å². The lowest BCUT2D eigenvalue weighted by Crippen LogP contribution is -2.47. The van der Waals surface area contributed by atoms with Gasteiger partial charge in [-0.05, 0) is 25.2 Å². The number of ether oxygens (including phenoxy) is 1. The lowest BCUT2D eigenvalue weighted by atomic mass is 10.1. The molecule has 2 rings (SSSR count). The summed E-state index contributed by atoms with van der Waals surface area (Å²) < 4.78 is 5.14. The highest BCUT2D eigenvalue weighted by Crippen LogP contribution is 2.25. The van der Waals surface area contributed by atoms with E-state index in [9.17, 15) is 9.59 Å². The minimum absolute atomic E-state index is 0.0188. The molecule has 20 heavy (non-hydrogen) atoms. The number of piperazine rings is 1. The molecule has 108 valence electrons. The van der Waals surface area contributed by atoms with Gasteiger partial charge in [0.25, 0.3) is 5.91 Å². The van der Waals surface area contributed by atoms with Crippen molar-refractivity contribution in [2.45, 2.75) is 0 Å². The number of amides is 2. The van der Waals surface area contributed by atoms with Crippen molar-refractivity contribution in [2.24, 2.45) is 0 Å². The average Bonchev–Trinajstić information content (AvgIpc) is 2.47. The van der Waals surface area contributed by atoms with Crippen molar-refractivity contribution in [1.82, 2.24) is 9.80 Å². The monoisotopic (exact) mass is 277 g/mol. The summed E-state index contributed by atoms with van der Waals surface area (Å²) in [5, 5.41) is 2.55. The van der Waals surface area contributed by atoms with Gasteiger partial charge in [0.15, 0.2) is 0 Å². The molecule has 1 saturated heterocycles. The molecule has 0 unspecified atom stereocenters. The molecular weight excluding hydrogens is 258 g/mol. The van der Waals surface area contributed by atoms with E-state index in [1.807, 2.05) is 11.9 Å². The number of likely N-dealkylation sites (N-methyl/N-ethyl adjacent to an activating group) is 1. The number of nitrogens with one attached hydrogen (secondary N) is 1. The largest absolute Gasteiger partial charge is 0.495 e. The lowest BCUT2D eigenvalue weighted by Gasteiger charge is -2.32. The molecule has 6 heteroatoms. The Hall–Kier alpha value is -2.08. The number of hydrogen-bond acceptors (Lipinski definition) is 4. The Morgan fingerprint density at radius 3 is 2.60 bits per heavy atom. The van der Waals surface area contributed by atoms with E-state index >= 15 is 0 Å². The third-order valence-corrected chi connectivity index (χ3v) is 3.45. The van der Waals surface area contributed by atoms with E-state index in [0.29, 0.717) is 23.4 Å². The number of hydrogen-bond donors (Lipinski definition) is 1. The summed E-state index contributed by atoms with van der Waals surface area (Å²) in [6.45, 7) is 3.19. The van der Waals surface area contributed by atoms with E-state index in [0.717, 1.165) is 26.2 Å². The molecule has 1 aromatic rings. The number of nitrogens with zero attached hydrogens (tertiary/aromatic N) is 2. The fourth-order valence-corrected chi connectivity index (χ4v) is 2.21. The number of anilines is 1. The summed E-state index contributed by atoms with van der Waals surface area (Å²) in [7, 11) is 3.56. The Bertz CT molecular complexity index is 496. The number of rotatable bonds is 4. The average molecular weight is 277 g/mol. The first-order valence-electron chi connectivity index (χ1n) is 6.51. The molecular formula is C14H19N3O3. The van der Waals surface area contributed by atoms with Crippen LogP contribution >= 0.6 is 0 Å². The summed E-state index contributed by atoms with van der Waals surface area (Å²) in [4.78, 5) is 27.0. The van der Waals surface area contributed by atoms with Crippen LogP contribution in [0.5, 0.6) is 5.75 Å². The van der Waals surface area contributed by atoms with Crippen LogP contribution in [0.3, 0.4) is 0 Å². The lowest BCUT2D eigenvalue weighted by molar-refractivity contribution is -0.105. The first kappa shape index (κ1) is 14.3. The van der Waals surface area contributed by atoms with Crippen molar-refractivity contribution >= 4 is 18.0 Å². The van der Waals surface area contributed by atoms with E-state index in [2.05, 4.69) is 10.2 Å². The smallest absolute Gasteiger partial charge is 0.254 e. The normalized spacial score (nSPS) is 15.8.